The van der Waals surface area contributed by atoms with Crippen molar-refractivity contribution < 1.29 is 14.7 Å². The minimum atomic E-state index is -1.13. The van der Waals surface area contributed by atoms with Gasteiger partial charge in [0.25, 0.3) is 5.91 Å². The largest absolute Gasteiger partial charge is 0.478 e. The molecule has 3 rings (SSSR count). The van der Waals surface area contributed by atoms with Gasteiger partial charge in [-0.05, 0) is 25.0 Å². The van der Waals surface area contributed by atoms with Crippen LogP contribution in [0.2, 0.25) is 0 Å². The molecule has 6 nitrogen and oxygen atoms in total. The molecule has 0 radical (unpaired) electrons. The second kappa shape index (κ2) is 5.01. The summed E-state index contributed by atoms with van der Waals surface area (Å²) in [6, 6.07) is 6.07. The van der Waals surface area contributed by atoms with Crippen LogP contribution in [0.4, 0.5) is 5.13 Å². The minimum Gasteiger partial charge on any atom is -0.478 e. The lowest BCUT2D eigenvalue weighted by atomic mass is 10.1. The Morgan fingerprint density at radius 2 is 1.90 bits per heavy atom. The summed E-state index contributed by atoms with van der Waals surface area (Å²) in [6.45, 7) is 0. The van der Waals surface area contributed by atoms with Gasteiger partial charge in [-0.1, -0.05) is 23.5 Å². The summed E-state index contributed by atoms with van der Waals surface area (Å²) in [5.41, 5.74) is 0.0834. The Bertz CT molecular complexity index is 679. The average Bonchev–Trinajstić information content (AvgIpc) is 3.19. The van der Waals surface area contributed by atoms with Crippen LogP contribution in [-0.2, 0) is 0 Å². The molecule has 1 heterocycles. The molecule has 1 saturated carbocycles. The average molecular weight is 289 g/mol. The first-order chi connectivity index (χ1) is 9.65. The number of rotatable bonds is 4. The van der Waals surface area contributed by atoms with E-state index in [0.717, 1.165) is 17.8 Å². The van der Waals surface area contributed by atoms with E-state index in [2.05, 4.69) is 15.5 Å². The highest BCUT2D eigenvalue weighted by Gasteiger charge is 2.28. The molecule has 2 aromatic rings. The molecular weight excluding hydrogens is 278 g/mol. The van der Waals surface area contributed by atoms with E-state index in [4.69, 9.17) is 5.11 Å². The van der Waals surface area contributed by atoms with Crippen molar-refractivity contribution in [3.05, 3.63) is 40.4 Å². The Morgan fingerprint density at radius 1 is 1.20 bits per heavy atom. The maximum atomic E-state index is 12.1. The van der Waals surface area contributed by atoms with Crippen molar-refractivity contribution in [3.63, 3.8) is 0 Å². The number of nitrogens with zero attached hydrogens (tertiary/aromatic N) is 2. The third-order valence-corrected chi connectivity index (χ3v) is 3.99. The van der Waals surface area contributed by atoms with E-state index in [9.17, 15) is 9.59 Å². The molecule has 0 bridgehead atoms. The van der Waals surface area contributed by atoms with Crippen LogP contribution in [0.25, 0.3) is 0 Å². The fourth-order valence-corrected chi connectivity index (χ4v) is 2.72. The van der Waals surface area contributed by atoms with Crippen molar-refractivity contribution >= 4 is 28.3 Å². The molecule has 2 N–H and O–H groups in total. The van der Waals surface area contributed by atoms with Gasteiger partial charge in [-0.15, -0.1) is 10.2 Å². The Balaban J connectivity index is 1.80. The summed E-state index contributed by atoms with van der Waals surface area (Å²) in [7, 11) is 0. The molecule has 0 aliphatic heterocycles. The van der Waals surface area contributed by atoms with Gasteiger partial charge in [-0.25, -0.2) is 4.79 Å². The number of carbonyl (C=O) groups is 2. The molecule has 0 saturated heterocycles. The topological polar surface area (TPSA) is 92.2 Å². The predicted octanol–water partition coefficient (Wildman–Crippen LogP) is 2.37. The van der Waals surface area contributed by atoms with Crippen LogP contribution in [0.1, 0.15) is 44.5 Å². The van der Waals surface area contributed by atoms with Crippen molar-refractivity contribution in [2.75, 3.05) is 5.32 Å². The summed E-state index contributed by atoms with van der Waals surface area (Å²) in [5, 5.41) is 20.9. The first kappa shape index (κ1) is 12.7. The van der Waals surface area contributed by atoms with Gasteiger partial charge in [0.05, 0.1) is 11.1 Å². The number of hydrogen-bond acceptors (Lipinski definition) is 5. The standard InChI is InChI=1S/C13H11N3O3S/c17-10(8-3-1-2-4-9(8)12(18)19)14-13-16-15-11(20-13)7-5-6-7/h1-4,7H,5-6H2,(H,18,19)(H,14,16,17). The van der Waals surface area contributed by atoms with Crippen LogP contribution in [0, 0.1) is 0 Å². The predicted molar refractivity (Wildman–Crippen MR) is 73.2 cm³/mol. The highest BCUT2D eigenvalue weighted by molar-refractivity contribution is 7.15. The van der Waals surface area contributed by atoms with Crippen LogP contribution >= 0.6 is 11.3 Å². The number of aromatic carboxylic acids is 1. The van der Waals surface area contributed by atoms with Crippen LogP contribution in [0.15, 0.2) is 24.3 Å². The molecule has 1 aromatic carbocycles. The molecule has 1 aliphatic carbocycles. The van der Waals surface area contributed by atoms with E-state index in [1.165, 1.54) is 23.5 Å². The van der Waals surface area contributed by atoms with Crippen molar-refractivity contribution in [1.29, 1.82) is 0 Å². The van der Waals surface area contributed by atoms with Crippen molar-refractivity contribution in [3.8, 4) is 0 Å². The molecule has 1 aromatic heterocycles. The molecular formula is C13H11N3O3S. The fraction of sp³-hybridized carbons (Fsp3) is 0.231. The normalized spacial score (nSPS) is 14.0. The summed E-state index contributed by atoms with van der Waals surface area (Å²) in [6.07, 6.45) is 2.23. The van der Waals surface area contributed by atoms with E-state index < -0.39 is 11.9 Å². The lowest BCUT2D eigenvalue weighted by molar-refractivity contribution is 0.0692. The number of carboxylic acid groups (broad SMARTS) is 1. The third-order valence-electron chi connectivity index (χ3n) is 2.99. The van der Waals surface area contributed by atoms with Crippen LogP contribution in [0.3, 0.4) is 0 Å². The van der Waals surface area contributed by atoms with Gasteiger partial charge in [0.1, 0.15) is 5.01 Å². The molecule has 102 valence electrons. The Morgan fingerprint density at radius 3 is 2.55 bits per heavy atom. The first-order valence-corrected chi connectivity index (χ1v) is 6.94. The highest BCUT2D eigenvalue weighted by Crippen LogP contribution is 2.42. The van der Waals surface area contributed by atoms with Gasteiger partial charge >= 0.3 is 5.97 Å². The Labute approximate surface area is 118 Å². The van der Waals surface area contributed by atoms with Gasteiger partial charge in [-0.3, -0.25) is 10.1 Å². The third kappa shape index (κ3) is 2.53. The smallest absolute Gasteiger partial charge is 0.336 e. The molecule has 7 heteroatoms. The number of amides is 1. The zero-order valence-corrected chi connectivity index (χ0v) is 11.2. The number of aromatic nitrogens is 2. The van der Waals surface area contributed by atoms with Gasteiger partial charge < -0.3 is 5.11 Å². The van der Waals surface area contributed by atoms with E-state index in [-0.39, 0.29) is 11.1 Å². The van der Waals surface area contributed by atoms with Crippen molar-refractivity contribution in [2.45, 2.75) is 18.8 Å². The van der Waals surface area contributed by atoms with Crippen LogP contribution < -0.4 is 5.32 Å². The van der Waals surface area contributed by atoms with Gasteiger partial charge in [0.15, 0.2) is 0 Å². The number of benzene rings is 1. The van der Waals surface area contributed by atoms with Crippen molar-refractivity contribution in [1.82, 2.24) is 10.2 Å². The lowest BCUT2D eigenvalue weighted by Crippen LogP contribution is -2.16. The summed E-state index contributed by atoms with van der Waals surface area (Å²) in [4.78, 5) is 23.2. The van der Waals surface area contributed by atoms with Gasteiger partial charge in [-0.2, -0.15) is 0 Å². The number of nitrogens with one attached hydrogen (secondary N) is 1. The Kier molecular flexibility index (Phi) is 3.19. The molecule has 20 heavy (non-hydrogen) atoms. The summed E-state index contributed by atoms with van der Waals surface area (Å²) < 4.78 is 0. The zero-order valence-electron chi connectivity index (χ0n) is 10.4. The van der Waals surface area contributed by atoms with E-state index >= 15 is 0 Å². The maximum Gasteiger partial charge on any atom is 0.336 e. The number of carbonyl (C=O) groups excluding carboxylic acids is 1. The SMILES string of the molecule is O=C(O)c1ccccc1C(=O)Nc1nnc(C2CC2)s1. The quantitative estimate of drug-likeness (QED) is 0.901. The van der Waals surface area contributed by atoms with E-state index in [0.29, 0.717) is 11.0 Å². The van der Waals surface area contributed by atoms with E-state index in [1.807, 2.05) is 0 Å². The zero-order chi connectivity index (χ0) is 14.1. The lowest BCUT2D eigenvalue weighted by Gasteiger charge is -2.04. The fourth-order valence-electron chi connectivity index (χ4n) is 1.81. The molecule has 0 unspecified atom stereocenters. The monoisotopic (exact) mass is 289 g/mol. The van der Waals surface area contributed by atoms with Gasteiger partial charge in [0, 0.05) is 5.92 Å². The van der Waals surface area contributed by atoms with E-state index in [1.54, 1.807) is 12.1 Å². The number of hydrogen-bond donors (Lipinski definition) is 2. The minimum absolute atomic E-state index is 0.0306. The number of anilines is 1. The number of carboxylic acids is 1. The molecule has 0 spiro atoms. The first-order valence-electron chi connectivity index (χ1n) is 6.12. The maximum absolute atomic E-state index is 12.1. The molecule has 1 aliphatic rings. The van der Waals surface area contributed by atoms with Crippen LogP contribution in [0.5, 0.6) is 0 Å². The van der Waals surface area contributed by atoms with Crippen LogP contribution in [-0.4, -0.2) is 27.2 Å². The Hall–Kier alpha value is -2.28. The molecule has 1 fully saturated rings. The molecule has 0 atom stereocenters. The summed E-state index contributed by atoms with van der Waals surface area (Å²) in [5.74, 6) is -1.14. The van der Waals surface area contributed by atoms with Crippen molar-refractivity contribution in [2.24, 2.45) is 0 Å². The van der Waals surface area contributed by atoms with Gasteiger partial charge in [0.2, 0.25) is 5.13 Å². The molecule has 1 amide bonds. The summed E-state index contributed by atoms with van der Waals surface area (Å²) >= 11 is 1.34. The highest BCUT2D eigenvalue weighted by atomic mass is 32.1. The second-order valence-electron chi connectivity index (χ2n) is 4.52. The second-order valence-corrected chi connectivity index (χ2v) is 5.53.